The predicted octanol–water partition coefficient (Wildman–Crippen LogP) is 3.70. The maximum absolute atomic E-state index is 12.0. The van der Waals surface area contributed by atoms with E-state index in [4.69, 9.17) is 4.74 Å². The monoisotopic (exact) mass is 381 g/mol. The van der Waals surface area contributed by atoms with E-state index in [2.05, 4.69) is 46.1 Å². The number of para-hydroxylation sites is 1. The first-order chi connectivity index (χ1) is 13.2. The highest BCUT2D eigenvalue weighted by Gasteiger charge is 2.15. The first kappa shape index (κ1) is 19.2. The van der Waals surface area contributed by atoms with E-state index in [1.807, 2.05) is 36.5 Å². The summed E-state index contributed by atoms with van der Waals surface area (Å²) in [7, 11) is 1.62. The molecule has 0 spiro atoms. The molecule has 0 saturated carbocycles. The summed E-state index contributed by atoms with van der Waals surface area (Å²) in [5.41, 5.74) is 4.33. The van der Waals surface area contributed by atoms with Gasteiger partial charge in [-0.15, -0.1) is 0 Å². The molecule has 0 saturated heterocycles. The molecule has 0 fully saturated rings. The van der Waals surface area contributed by atoms with Crippen LogP contribution < -0.4 is 5.32 Å². The van der Waals surface area contributed by atoms with Crippen molar-refractivity contribution in [1.29, 1.82) is 0 Å². The topological polar surface area (TPSA) is 56.1 Å². The molecule has 6 heteroatoms. The zero-order valence-electron chi connectivity index (χ0n) is 15.5. The molecule has 3 rings (SSSR count). The van der Waals surface area contributed by atoms with Crippen LogP contribution in [0.1, 0.15) is 5.56 Å². The number of nitrogens with zero attached hydrogens (tertiary/aromatic N) is 2. The fraction of sp³-hybridized carbons (Fsp3) is 0.238. The van der Waals surface area contributed by atoms with Gasteiger partial charge in [-0.1, -0.05) is 59.8 Å². The molecule has 0 aliphatic heterocycles. The summed E-state index contributed by atoms with van der Waals surface area (Å²) in [4.78, 5) is 16.6. The molecule has 2 aromatic carbocycles. The summed E-state index contributed by atoms with van der Waals surface area (Å²) < 4.78 is 7.05. The van der Waals surface area contributed by atoms with Gasteiger partial charge in [0.05, 0.1) is 24.3 Å². The van der Waals surface area contributed by atoms with Crippen LogP contribution >= 0.6 is 11.8 Å². The van der Waals surface area contributed by atoms with E-state index in [0.717, 1.165) is 22.1 Å². The molecule has 1 aromatic heterocycles. The SMILES string of the molecule is COCCNC(=O)CSc1ncc(-c2ccc(C)cc2)n1-c1ccccc1. The Kier molecular flexibility index (Phi) is 6.68. The van der Waals surface area contributed by atoms with Gasteiger partial charge in [0.25, 0.3) is 0 Å². The molecule has 1 amide bonds. The van der Waals surface area contributed by atoms with Gasteiger partial charge in [0.15, 0.2) is 5.16 Å². The van der Waals surface area contributed by atoms with Crippen LogP contribution in [-0.2, 0) is 9.53 Å². The average Bonchev–Trinajstić information content (AvgIpc) is 3.12. The number of methoxy groups -OCH3 is 1. The van der Waals surface area contributed by atoms with E-state index in [9.17, 15) is 4.79 Å². The Morgan fingerprint density at radius 1 is 1.15 bits per heavy atom. The number of nitrogens with one attached hydrogen (secondary N) is 1. The molecule has 0 atom stereocenters. The quantitative estimate of drug-likeness (QED) is 0.477. The maximum Gasteiger partial charge on any atom is 0.230 e. The van der Waals surface area contributed by atoms with Crippen molar-refractivity contribution >= 4 is 17.7 Å². The number of thioether (sulfide) groups is 1. The number of carbonyl (C=O) groups excluding carboxylic acids is 1. The third-order valence-electron chi connectivity index (χ3n) is 4.05. The first-order valence-corrected chi connectivity index (χ1v) is 9.76. The Labute approximate surface area is 163 Å². The van der Waals surface area contributed by atoms with Crippen molar-refractivity contribution in [3.05, 3.63) is 66.4 Å². The number of rotatable bonds is 8. The minimum Gasteiger partial charge on any atom is -0.383 e. The second-order valence-electron chi connectivity index (χ2n) is 6.09. The molecule has 1 N–H and O–H groups in total. The lowest BCUT2D eigenvalue weighted by molar-refractivity contribution is -0.118. The molecule has 5 nitrogen and oxygen atoms in total. The number of hydrogen-bond acceptors (Lipinski definition) is 4. The van der Waals surface area contributed by atoms with E-state index >= 15 is 0 Å². The van der Waals surface area contributed by atoms with Crippen LogP contribution in [0.5, 0.6) is 0 Å². The van der Waals surface area contributed by atoms with Gasteiger partial charge in [-0.3, -0.25) is 9.36 Å². The minimum absolute atomic E-state index is 0.0310. The summed E-state index contributed by atoms with van der Waals surface area (Å²) in [6.07, 6.45) is 1.86. The van der Waals surface area contributed by atoms with Crippen LogP contribution in [0, 0.1) is 6.92 Å². The molecule has 0 unspecified atom stereocenters. The van der Waals surface area contributed by atoms with Crippen molar-refractivity contribution in [2.45, 2.75) is 12.1 Å². The number of hydrogen-bond donors (Lipinski definition) is 1. The fourth-order valence-corrected chi connectivity index (χ4v) is 3.49. The van der Waals surface area contributed by atoms with Crippen molar-refractivity contribution < 1.29 is 9.53 Å². The zero-order valence-corrected chi connectivity index (χ0v) is 16.3. The lowest BCUT2D eigenvalue weighted by Gasteiger charge is -2.12. The molecule has 0 aliphatic carbocycles. The van der Waals surface area contributed by atoms with Crippen molar-refractivity contribution in [2.75, 3.05) is 26.0 Å². The molecular formula is C21H23N3O2S. The van der Waals surface area contributed by atoms with Gasteiger partial charge < -0.3 is 10.1 Å². The number of amides is 1. The number of carbonyl (C=O) groups is 1. The molecule has 0 radical (unpaired) electrons. The van der Waals surface area contributed by atoms with Gasteiger partial charge in [0.2, 0.25) is 5.91 Å². The highest BCUT2D eigenvalue weighted by molar-refractivity contribution is 7.99. The number of aromatic nitrogens is 2. The Morgan fingerprint density at radius 2 is 1.89 bits per heavy atom. The zero-order chi connectivity index (χ0) is 19.1. The van der Waals surface area contributed by atoms with Crippen molar-refractivity contribution in [3.63, 3.8) is 0 Å². The molecule has 0 bridgehead atoms. The summed E-state index contributed by atoms with van der Waals surface area (Å²) >= 11 is 1.43. The first-order valence-electron chi connectivity index (χ1n) is 8.77. The van der Waals surface area contributed by atoms with Crippen molar-refractivity contribution in [3.8, 4) is 16.9 Å². The maximum atomic E-state index is 12.0. The van der Waals surface area contributed by atoms with E-state index in [-0.39, 0.29) is 5.91 Å². The van der Waals surface area contributed by atoms with Gasteiger partial charge in [-0.05, 0) is 19.1 Å². The lowest BCUT2D eigenvalue weighted by Crippen LogP contribution is -2.28. The van der Waals surface area contributed by atoms with Crippen LogP contribution in [0.3, 0.4) is 0 Å². The highest BCUT2D eigenvalue weighted by atomic mass is 32.2. The van der Waals surface area contributed by atoms with Crippen LogP contribution in [-0.4, -0.2) is 41.5 Å². The van der Waals surface area contributed by atoms with Gasteiger partial charge in [0.1, 0.15) is 0 Å². The lowest BCUT2D eigenvalue weighted by atomic mass is 10.1. The second-order valence-corrected chi connectivity index (χ2v) is 7.04. The number of aryl methyl sites for hydroxylation is 1. The molecule has 27 heavy (non-hydrogen) atoms. The summed E-state index contributed by atoms with van der Waals surface area (Å²) in [5.74, 6) is 0.275. The molecule has 1 heterocycles. The largest absolute Gasteiger partial charge is 0.383 e. The number of benzene rings is 2. The smallest absolute Gasteiger partial charge is 0.230 e. The third-order valence-corrected chi connectivity index (χ3v) is 5.00. The summed E-state index contributed by atoms with van der Waals surface area (Å²) in [6, 6.07) is 18.4. The van der Waals surface area contributed by atoms with E-state index < -0.39 is 0 Å². The molecule has 3 aromatic rings. The number of ether oxygens (including phenoxy) is 1. The molecule has 0 aliphatic rings. The summed E-state index contributed by atoms with van der Waals surface area (Å²) in [6.45, 7) is 3.09. The van der Waals surface area contributed by atoms with Crippen LogP contribution in [0.4, 0.5) is 0 Å². The van der Waals surface area contributed by atoms with E-state index in [1.54, 1.807) is 7.11 Å². The highest BCUT2D eigenvalue weighted by Crippen LogP contribution is 2.29. The Bertz CT molecular complexity index is 876. The van der Waals surface area contributed by atoms with Crippen LogP contribution in [0.15, 0.2) is 66.0 Å². The molecule has 140 valence electrons. The minimum atomic E-state index is -0.0310. The van der Waals surface area contributed by atoms with Gasteiger partial charge in [-0.2, -0.15) is 0 Å². The van der Waals surface area contributed by atoms with Gasteiger partial charge in [-0.25, -0.2) is 4.98 Å². The van der Waals surface area contributed by atoms with E-state index in [0.29, 0.717) is 18.9 Å². The number of imidazole rings is 1. The average molecular weight is 382 g/mol. The Hall–Kier alpha value is -2.57. The second kappa shape index (κ2) is 9.39. The fourth-order valence-electron chi connectivity index (χ4n) is 2.66. The standard InChI is InChI=1S/C21H23N3O2S/c1-16-8-10-17(11-9-16)19-14-23-21(24(19)18-6-4-3-5-7-18)27-15-20(25)22-12-13-26-2/h3-11,14H,12-13,15H2,1-2H3,(H,22,25). The normalized spacial score (nSPS) is 10.7. The predicted molar refractivity (Wildman–Crippen MR) is 109 cm³/mol. The molecular weight excluding hydrogens is 358 g/mol. The van der Waals surface area contributed by atoms with Gasteiger partial charge in [0, 0.05) is 24.9 Å². The van der Waals surface area contributed by atoms with Crippen LogP contribution in [0.2, 0.25) is 0 Å². The van der Waals surface area contributed by atoms with Gasteiger partial charge >= 0.3 is 0 Å². The van der Waals surface area contributed by atoms with Crippen LogP contribution in [0.25, 0.3) is 16.9 Å². The summed E-state index contributed by atoms with van der Waals surface area (Å²) in [5, 5.41) is 3.63. The van der Waals surface area contributed by atoms with Crippen molar-refractivity contribution in [1.82, 2.24) is 14.9 Å². The Morgan fingerprint density at radius 3 is 2.59 bits per heavy atom. The third kappa shape index (κ3) is 4.99. The Balaban J connectivity index is 1.86. The van der Waals surface area contributed by atoms with Crippen molar-refractivity contribution in [2.24, 2.45) is 0 Å². The van der Waals surface area contributed by atoms with E-state index in [1.165, 1.54) is 17.3 Å².